The molecule has 0 radical (unpaired) electrons. The highest BCUT2D eigenvalue weighted by Gasteiger charge is 2.27. The topological polar surface area (TPSA) is 72.6 Å². The lowest BCUT2D eigenvalue weighted by atomic mass is 9.96. The number of rotatable bonds is 6. The predicted molar refractivity (Wildman–Crippen MR) is 68.8 cm³/mol. The van der Waals surface area contributed by atoms with E-state index in [0.29, 0.717) is 32.7 Å². The summed E-state index contributed by atoms with van der Waals surface area (Å²) in [5, 5.41) is 0. The maximum Gasteiger partial charge on any atom is 0.309 e. The molecule has 1 saturated heterocycles. The van der Waals surface area contributed by atoms with Gasteiger partial charge in [0.15, 0.2) is 0 Å². The van der Waals surface area contributed by atoms with E-state index in [2.05, 4.69) is 0 Å². The Morgan fingerprint density at radius 1 is 1.28 bits per heavy atom. The smallest absolute Gasteiger partial charge is 0.309 e. The van der Waals surface area contributed by atoms with Crippen LogP contribution in [-0.2, 0) is 14.3 Å². The molecule has 0 aromatic rings. The Morgan fingerprint density at radius 3 is 2.50 bits per heavy atom. The molecule has 0 unspecified atom stereocenters. The number of likely N-dealkylation sites (tertiary alicyclic amines) is 1. The van der Waals surface area contributed by atoms with E-state index in [1.54, 1.807) is 0 Å². The van der Waals surface area contributed by atoms with E-state index < -0.39 is 0 Å². The summed E-state index contributed by atoms with van der Waals surface area (Å²) in [6.45, 7) is 4.22. The molecule has 18 heavy (non-hydrogen) atoms. The van der Waals surface area contributed by atoms with Crippen LogP contribution in [0.1, 0.15) is 39.0 Å². The van der Waals surface area contributed by atoms with Crippen molar-refractivity contribution in [2.24, 2.45) is 11.7 Å². The maximum absolute atomic E-state index is 11.8. The third-order valence-corrected chi connectivity index (χ3v) is 3.31. The molecule has 1 amide bonds. The molecule has 1 heterocycles. The Kier molecular flexibility index (Phi) is 6.72. The number of nitrogens with two attached hydrogens (primary N) is 1. The molecule has 5 heteroatoms. The second-order valence-electron chi connectivity index (χ2n) is 4.65. The second kappa shape index (κ2) is 8.08. The molecule has 1 aliphatic rings. The van der Waals surface area contributed by atoms with Crippen LogP contribution in [0.3, 0.4) is 0 Å². The van der Waals surface area contributed by atoms with E-state index >= 15 is 0 Å². The summed E-state index contributed by atoms with van der Waals surface area (Å²) < 4.78 is 5.00. The summed E-state index contributed by atoms with van der Waals surface area (Å²) in [6, 6.07) is 0. The van der Waals surface area contributed by atoms with Gasteiger partial charge in [-0.1, -0.05) is 0 Å². The van der Waals surface area contributed by atoms with E-state index in [9.17, 15) is 9.59 Å². The molecule has 0 aromatic heterocycles. The van der Waals surface area contributed by atoms with E-state index in [-0.39, 0.29) is 17.8 Å². The summed E-state index contributed by atoms with van der Waals surface area (Å²) in [4.78, 5) is 25.2. The van der Waals surface area contributed by atoms with Crippen molar-refractivity contribution in [3.05, 3.63) is 0 Å². The van der Waals surface area contributed by atoms with Crippen LogP contribution >= 0.6 is 0 Å². The number of carbonyl (C=O) groups excluding carboxylic acids is 2. The van der Waals surface area contributed by atoms with Gasteiger partial charge in [0.2, 0.25) is 5.91 Å². The molecule has 1 fully saturated rings. The lowest BCUT2D eigenvalue weighted by molar-refractivity contribution is -0.151. The summed E-state index contributed by atoms with van der Waals surface area (Å²) in [6.07, 6.45) is 3.77. The van der Waals surface area contributed by atoms with Crippen LogP contribution in [0.15, 0.2) is 0 Å². The monoisotopic (exact) mass is 256 g/mol. The summed E-state index contributed by atoms with van der Waals surface area (Å²) >= 11 is 0. The number of unbranched alkanes of at least 4 members (excludes halogenated alkanes) is 1. The van der Waals surface area contributed by atoms with E-state index in [4.69, 9.17) is 10.5 Å². The van der Waals surface area contributed by atoms with Gasteiger partial charge in [-0.25, -0.2) is 0 Å². The van der Waals surface area contributed by atoms with Crippen molar-refractivity contribution in [1.29, 1.82) is 0 Å². The average Bonchev–Trinajstić information content (AvgIpc) is 2.39. The molecule has 0 saturated carbocycles. The molecule has 5 nitrogen and oxygen atoms in total. The van der Waals surface area contributed by atoms with Crippen molar-refractivity contribution in [3.8, 4) is 0 Å². The number of carbonyl (C=O) groups is 2. The molecule has 0 spiro atoms. The highest BCUT2D eigenvalue weighted by molar-refractivity contribution is 5.77. The SMILES string of the molecule is CCOC(=O)C1CCN(C(=O)CCCCN)CC1. The molecule has 2 N–H and O–H groups in total. The van der Waals surface area contributed by atoms with Crippen LogP contribution in [-0.4, -0.2) is 43.0 Å². The van der Waals surface area contributed by atoms with Crippen LogP contribution in [0.5, 0.6) is 0 Å². The van der Waals surface area contributed by atoms with Crippen LogP contribution < -0.4 is 5.73 Å². The van der Waals surface area contributed by atoms with E-state index in [1.165, 1.54) is 0 Å². The third-order valence-electron chi connectivity index (χ3n) is 3.31. The lowest BCUT2D eigenvalue weighted by Gasteiger charge is -2.31. The highest BCUT2D eigenvalue weighted by atomic mass is 16.5. The normalized spacial score (nSPS) is 16.7. The van der Waals surface area contributed by atoms with Crippen LogP contribution in [0, 0.1) is 5.92 Å². The van der Waals surface area contributed by atoms with Crippen molar-refractivity contribution in [2.75, 3.05) is 26.2 Å². The number of esters is 1. The fourth-order valence-corrected chi connectivity index (χ4v) is 2.20. The minimum Gasteiger partial charge on any atom is -0.466 e. The van der Waals surface area contributed by atoms with Gasteiger partial charge in [-0.2, -0.15) is 0 Å². The molecule has 104 valence electrons. The van der Waals surface area contributed by atoms with Gasteiger partial charge >= 0.3 is 5.97 Å². The molecule has 0 bridgehead atoms. The summed E-state index contributed by atoms with van der Waals surface area (Å²) in [7, 11) is 0. The largest absolute Gasteiger partial charge is 0.466 e. The van der Waals surface area contributed by atoms with Gasteiger partial charge < -0.3 is 15.4 Å². The van der Waals surface area contributed by atoms with Gasteiger partial charge in [0.25, 0.3) is 0 Å². The van der Waals surface area contributed by atoms with Gasteiger partial charge in [0.05, 0.1) is 12.5 Å². The Labute approximate surface area is 109 Å². The zero-order valence-corrected chi connectivity index (χ0v) is 11.2. The molecule has 1 aliphatic heterocycles. The summed E-state index contributed by atoms with van der Waals surface area (Å²) in [5.74, 6) is 0.0385. The highest BCUT2D eigenvalue weighted by Crippen LogP contribution is 2.19. The Bertz CT molecular complexity index is 273. The van der Waals surface area contributed by atoms with Crippen molar-refractivity contribution in [1.82, 2.24) is 4.90 Å². The minimum atomic E-state index is -0.118. The standard InChI is InChI=1S/C13H24N2O3/c1-2-18-13(17)11-6-9-15(10-7-11)12(16)5-3-4-8-14/h11H,2-10,14H2,1H3. The Morgan fingerprint density at radius 2 is 1.94 bits per heavy atom. The number of hydrogen-bond acceptors (Lipinski definition) is 4. The van der Waals surface area contributed by atoms with Crippen molar-refractivity contribution in [3.63, 3.8) is 0 Å². The van der Waals surface area contributed by atoms with Gasteiger partial charge in [-0.3, -0.25) is 9.59 Å². The van der Waals surface area contributed by atoms with Gasteiger partial charge in [-0.15, -0.1) is 0 Å². The van der Waals surface area contributed by atoms with Gasteiger partial charge in [0.1, 0.15) is 0 Å². The first-order valence-electron chi connectivity index (χ1n) is 6.83. The fourth-order valence-electron chi connectivity index (χ4n) is 2.20. The first-order chi connectivity index (χ1) is 8.69. The van der Waals surface area contributed by atoms with Gasteiger partial charge in [-0.05, 0) is 39.2 Å². The van der Waals surface area contributed by atoms with Crippen LogP contribution in [0.25, 0.3) is 0 Å². The van der Waals surface area contributed by atoms with Crippen molar-refractivity contribution in [2.45, 2.75) is 39.0 Å². The average molecular weight is 256 g/mol. The van der Waals surface area contributed by atoms with E-state index in [1.807, 2.05) is 11.8 Å². The summed E-state index contributed by atoms with van der Waals surface area (Å²) in [5.41, 5.74) is 5.40. The van der Waals surface area contributed by atoms with Crippen molar-refractivity contribution >= 4 is 11.9 Å². The molecular weight excluding hydrogens is 232 g/mol. The molecule has 0 aliphatic carbocycles. The molecule has 0 aromatic carbocycles. The zero-order chi connectivity index (χ0) is 13.4. The number of nitrogens with zero attached hydrogens (tertiary/aromatic N) is 1. The van der Waals surface area contributed by atoms with Crippen LogP contribution in [0.2, 0.25) is 0 Å². The minimum absolute atomic E-state index is 0.0296. The third kappa shape index (κ3) is 4.64. The fraction of sp³-hybridized carbons (Fsp3) is 0.846. The lowest BCUT2D eigenvalue weighted by Crippen LogP contribution is -2.40. The predicted octanol–water partition coefficient (Wildman–Crippen LogP) is 0.917. The Balaban J connectivity index is 2.26. The number of hydrogen-bond donors (Lipinski definition) is 1. The quantitative estimate of drug-likeness (QED) is 0.566. The van der Waals surface area contributed by atoms with E-state index in [0.717, 1.165) is 25.7 Å². The van der Waals surface area contributed by atoms with Crippen LogP contribution in [0.4, 0.5) is 0 Å². The second-order valence-corrected chi connectivity index (χ2v) is 4.65. The molecule has 0 atom stereocenters. The maximum atomic E-state index is 11.8. The number of ether oxygens (including phenoxy) is 1. The molecular formula is C13H24N2O3. The number of piperidine rings is 1. The first-order valence-corrected chi connectivity index (χ1v) is 6.83. The molecule has 1 rings (SSSR count). The van der Waals surface area contributed by atoms with Gasteiger partial charge in [0, 0.05) is 19.5 Å². The first kappa shape index (κ1) is 15.0. The Hall–Kier alpha value is -1.10. The number of amides is 1. The van der Waals surface area contributed by atoms with Crippen molar-refractivity contribution < 1.29 is 14.3 Å². The zero-order valence-electron chi connectivity index (χ0n) is 11.2.